The van der Waals surface area contributed by atoms with Gasteiger partial charge in [0.05, 0.1) is 24.6 Å². The second-order valence-corrected chi connectivity index (χ2v) is 4.44. The fourth-order valence-electron chi connectivity index (χ4n) is 2.06. The van der Waals surface area contributed by atoms with Crippen molar-refractivity contribution in [1.29, 1.82) is 0 Å². The first kappa shape index (κ1) is 10.6. The summed E-state index contributed by atoms with van der Waals surface area (Å²) in [6.45, 7) is 1.27. The van der Waals surface area contributed by atoms with E-state index in [4.69, 9.17) is 22.1 Å². The maximum absolute atomic E-state index is 5.92. The van der Waals surface area contributed by atoms with Gasteiger partial charge in [-0.1, -0.05) is 11.6 Å². The Balaban J connectivity index is 2.11. The molecule has 0 fully saturated rings. The van der Waals surface area contributed by atoms with E-state index in [0.29, 0.717) is 24.1 Å². The molecule has 17 heavy (non-hydrogen) atoms. The highest BCUT2D eigenvalue weighted by Gasteiger charge is 2.20. The van der Waals surface area contributed by atoms with Gasteiger partial charge in [-0.2, -0.15) is 5.10 Å². The van der Waals surface area contributed by atoms with Gasteiger partial charge in [-0.05, 0) is 24.3 Å². The fraction of sp³-hybridized carbons (Fsp3) is 0.250. The molecule has 0 radical (unpaired) electrons. The van der Waals surface area contributed by atoms with E-state index in [-0.39, 0.29) is 0 Å². The summed E-state index contributed by atoms with van der Waals surface area (Å²) in [5.41, 5.74) is 9.01. The van der Waals surface area contributed by atoms with Crippen LogP contribution in [0.1, 0.15) is 11.3 Å². The van der Waals surface area contributed by atoms with E-state index in [0.717, 1.165) is 23.4 Å². The van der Waals surface area contributed by atoms with Crippen molar-refractivity contribution in [2.45, 2.75) is 13.0 Å². The van der Waals surface area contributed by atoms with Crippen LogP contribution in [0.3, 0.4) is 0 Å². The molecule has 0 aliphatic carbocycles. The highest BCUT2D eigenvalue weighted by atomic mass is 35.5. The van der Waals surface area contributed by atoms with Crippen molar-refractivity contribution in [2.24, 2.45) is 0 Å². The van der Waals surface area contributed by atoms with Gasteiger partial charge in [0.1, 0.15) is 5.82 Å². The summed E-state index contributed by atoms with van der Waals surface area (Å²) < 4.78 is 7.29. The van der Waals surface area contributed by atoms with Gasteiger partial charge in [0.25, 0.3) is 0 Å². The zero-order valence-corrected chi connectivity index (χ0v) is 9.94. The summed E-state index contributed by atoms with van der Waals surface area (Å²) in [6.07, 6.45) is 0.828. The van der Waals surface area contributed by atoms with Crippen LogP contribution in [0.25, 0.3) is 5.69 Å². The summed E-state index contributed by atoms with van der Waals surface area (Å²) in [6, 6.07) is 7.52. The van der Waals surface area contributed by atoms with E-state index >= 15 is 0 Å². The number of aromatic nitrogens is 2. The molecule has 2 aromatic rings. The van der Waals surface area contributed by atoms with Gasteiger partial charge in [-0.25, -0.2) is 4.68 Å². The van der Waals surface area contributed by atoms with Crippen LogP contribution in [-0.2, 0) is 17.8 Å². The van der Waals surface area contributed by atoms with Crippen LogP contribution in [-0.4, -0.2) is 16.4 Å². The molecule has 5 heteroatoms. The highest BCUT2D eigenvalue weighted by molar-refractivity contribution is 6.30. The Morgan fingerprint density at radius 1 is 1.29 bits per heavy atom. The third-order valence-corrected chi connectivity index (χ3v) is 3.18. The van der Waals surface area contributed by atoms with Crippen LogP contribution in [0.2, 0.25) is 5.02 Å². The van der Waals surface area contributed by atoms with Crippen LogP contribution < -0.4 is 5.73 Å². The molecule has 2 heterocycles. The molecule has 1 aromatic heterocycles. The zero-order valence-electron chi connectivity index (χ0n) is 9.19. The minimum Gasteiger partial charge on any atom is -0.382 e. The molecule has 4 nitrogen and oxygen atoms in total. The lowest BCUT2D eigenvalue weighted by atomic mass is 10.1. The Morgan fingerprint density at radius 3 is 2.82 bits per heavy atom. The molecule has 1 aromatic carbocycles. The Bertz CT molecular complexity index is 548. The van der Waals surface area contributed by atoms with Crippen LogP contribution in [0, 0.1) is 0 Å². The summed E-state index contributed by atoms with van der Waals surface area (Å²) in [4.78, 5) is 0. The molecule has 0 atom stereocenters. The van der Waals surface area contributed by atoms with E-state index in [1.807, 2.05) is 28.9 Å². The zero-order chi connectivity index (χ0) is 11.8. The van der Waals surface area contributed by atoms with Crippen molar-refractivity contribution < 1.29 is 4.74 Å². The standard InChI is InChI=1S/C12H12ClN3O/c13-8-1-3-9(4-2-8)16-11-7-17-6-5-10(11)12(14)15-16/h1-4H,5-7H2,(H2,14,15). The third-order valence-electron chi connectivity index (χ3n) is 2.93. The van der Waals surface area contributed by atoms with Crippen LogP contribution in [0.4, 0.5) is 5.82 Å². The minimum absolute atomic E-state index is 0.558. The molecule has 3 rings (SSSR count). The van der Waals surface area contributed by atoms with E-state index in [1.54, 1.807) is 0 Å². The number of fused-ring (bicyclic) bond motifs is 1. The van der Waals surface area contributed by atoms with Crippen molar-refractivity contribution in [2.75, 3.05) is 12.3 Å². The van der Waals surface area contributed by atoms with Gasteiger partial charge in [-0.15, -0.1) is 0 Å². The number of hydrogen-bond donors (Lipinski definition) is 1. The Hall–Kier alpha value is -1.52. The first-order valence-electron chi connectivity index (χ1n) is 5.45. The van der Waals surface area contributed by atoms with Crippen molar-refractivity contribution in [3.05, 3.63) is 40.5 Å². The molecule has 0 saturated heterocycles. The lowest BCUT2D eigenvalue weighted by Crippen LogP contribution is -2.12. The maximum Gasteiger partial charge on any atom is 0.149 e. The fourth-order valence-corrected chi connectivity index (χ4v) is 2.19. The van der Waals surface area contributed by atoms with Crippen molar-refractivity contribution >= 4 is 17.4 Å². The van der Waals surface area contributed by atoms with Gasteiger partial charge in [-0.3, -0.25) is 0 Å². The predicted octanol–water partition coefficient (Wildman–Crippen LogP) is 2.18. The third kappa shape index (κ3) is 1.79. The molecule has 0 unspecified atom stereocenters. The van der Waals surface area contributed by atoms with Gasteiger partial charge in [0, 0.05) is 17.0 Å². The summed E-state index contributed by atoms with van der Waals surface area (Å²) in [7, 11) is 0. The highest BCUT2D eigenvalue weighted by Crippen LogP contribution is 2.25. The number of rotatable bonds is 1. The SMILES string of the molecule is Nc1nn(-c2ccc(Cl)cc2)c2c1CCOC2. The monoisotopic (exact) mass is 249 g/mol. The molecule has 1 aliphatic rings. The second kappa shape index (κ2) is 4.05. The van der Waals surface area contributed by atoms with Crippen molar-refractivity contribution in [3.8, 4) is 5.69 Å². The molecule has 0 bridgehead atoms. The van der Waals surface area contributed by atoms with Crippen molar-refractivity contribution in [3.63, 3.8) is 0 Å². The molecule has 1 aliphatic heterocycles. The molecule has 88 valence electrons. The van der Waals surface area contributed by atoms with Gasteiger partial charge < -0.3 is 10.5 Å². The van der Waals surface area contributed by atoms with E-state index < -0.39 is 0 Å². The van der Waals surface area contributed by atoms with E-state index in [1.165, 1.54) is 0 Å². The predicted molar refractivity (Wildman–Crippen MR) is 66.3 cm³/mol. The molecule has 0 spiro atoms. The number of ether oxygens (including phenoxy) is 1. The molecule has 0 amide bonds. The van der Waals surface area contributed by atoms with Gasteiger partial charge in [0.15, 0.2) is 0 Å². The Morgan fingerprint density at radius 2 is 2.06 bits per heavy atom. The first-order valence-corrected chi connectivity index (χ1v) is 5.83. The molecule has 2 N–H and O–H groups in total. The van der Waals surface area contributed by atoms with E-state index in [9.17, 15) is 0 Å². The van der Waals surface area contributed by atoms with Gasteiger partial charge in [0.2, 0.25) is 0 Å². The maximum atomic E-state index is 5.92. The average Bonchev–Trinajstić information content (AvgIpc) is 2.69. The Kier molecular flexibility index (Phi) is 2.53. The first-order chi connectivity index (χ1) is 8.25. The normalized spacial score (nSPS) is 14.6. The van der Waals surface area contributed by atoms with Crippen LogP contribution in [0.5, 0.6) is 0 Å². The van der Waals surface area contributed by atoms with E-state index in [2.05, 4.69) is 5.10 Å². The van der Waals surface area contributed by atoms with Gasteiger partial charge >= 0.3 is 0 Å². The summed E-state index contributed by atoms with van der Waals surface area (Å²) in [5, 5.41) is 5.07. The Labute approximate surface area is 104 Å². The summed E-state index contributed by atoms with van der Waals surface area (Å²) >= 11 is 5.87. The lowest BCUT2D eigenvalue weighted by Gasteiger charge is -2.14. The largest absolute Gasteiger partial charge is 0.382 e. The number of anilines is 1. The molecule has 0 saturated carbocycles. The number of nitrogen functional groups attached to an aromatic ring is 1. The topological polar surface area (TPSA) is 53.1 Å². The number of hydrogen-bond acceptors (Lipinski definition) is 3. The number of nitrogens with zero attached hydrogens (tertiary/aromatic N) is 2. The number of nitrogens with two attached hydrogens (primary N) is 1. The molecular formula is C12H12ClN3O. The summed E-state index contributed by atoms with van der Waals surface area (Å²) in [5.74, 6) is 0.596. The second-order valence-electron chi connectivity index (χ2n) is 4.00. The van der Waals surface area contributed by atoms with Crippen LogP contribution in [0.15, 0.2) is 24.3 Å². The average molecular weight is 250 g/mol. The number of benzene rings is 1. The molecular weight excluding hydrogens is 238 g/mol. The minimum atomic E-state index is 0.558. The van der Waals surface area contributed by atoms with Crippen molar-refractivity contribution in [1.82, 2.24) is 9.78 Å². The number of halogens is 1. The lowest BCUT2D eigenvalue weighted by molar-refractivity contribution is 0.106. The van der Waals surface area contributed by atoms with Crippen LogP contribution >= 0.6 is 11.6 Å². The smallest absolute Gasteiger partial charge is 0.149 e. The quantitative estimate of drug-likeness (QED) is 0.843.